The second-order valence-corrected chi connectivity index (χ2v) is 13.9. The van der Waals surface area contributed by atoms with Crippen LogP contribution in [0.25, 0.3) is 0 Å². The Labute approximate surface area is 271 Å². The lowest BCUT2D eigenvalue weighted by atomic mass is 10.0. The minimum Gasteiger partial charge on any atom is -0.457 e. The normalized spacial score (nSPS) is 13.6. The van der Waals surface area contributed by atoms with Crippen LogP contribution in [0.1, 0.15) is 181 Å². The summed E-state index contributed by atoms with van der Waals surface area (Å²) in [7, 11) is -4.25. The molecule has 0 aliphatic rings. The van der Waals surface area contributed by atoms with E-state index in [0.29, 0.717) is 13.0 Å². The summed E-state index contributed by atoms with van der Waals surface area (Å²) in [5, 5.41) is 0. The Balaban J connectivity index is 3.80. The molecule has 44 heavy (non-hydrogen) atoms. The molecule has 0 aliphatic carbocycles. The number of nitrogens with two attached hydrogens (primary N) is 1. The number of carbonyl (C=O) groups is 1. The minimum atomic E-state index is -4.25. The molecule has 0 saturated heterocycles. The minimum absolute atomic E-state index is 0.0913. The van der Waals surface area contributed by atoms with Crippen molar-refractivity contribution in [1.82, 2.24) is 0 Å². The number of hydrogen-bond donors (Lipinski definition) is 2. The van der Waals surface area contributed by atoms with E-state index >= 15 is 0 Å². The van der Waals surface area contributed by atoms with Crippen molar-refractivity contribution >= 4 is 13.8 Å². The molecule has 0 bridgehead atoms. The molecular weight excluding hydrogens is 577 g/mol. The van der Waals surface area contributed by atoms with Gasteiger partial charge in [0.1, 0.15) is 6.10 Å². The number of esters is 1. The zero-order chi connectivity index (χ0) is 32.4. The van der Waals surface area contributed by atoms with Gasteiger partial charge < -0.3 is 20.1 Å². The van der Waals surface area contributed by atoms with E-state index < -0.39 is 13.9 Å². The van der Waals surface area contributed by atoms with Crippen molar-refractivity contribution in [2.45, 2.75) is 187 Å². The number of phosphoric ester groups is 1. The SMILES string of the molecule is CCCCCCCCCCCCCCCCCCCCCCOCC(COP(=O)(O)OCCN)OC(=O)CCCCCCC. The van der Waals surface area contributed by atoms with Gasteiger partial charge in [-0.05, 0) is 12.8 Å². The highest BCUT2D eigenvalue weighted by atomic mass is 31.2. The Kier molecular flexibility index (Phi) is 33.5. The monoisotopic (exact) mass is 650 g/mol. The highest BCUT2D eigenvalue weighted by molar-refractivity contribution is 7.47. The first kappa shape index (κ1) is 43.5. The van der Waals surface area contributed by atoms with Crippen LogP contribution < -0.4 is 5.73 Å². The van der Waals surface area contributed by atoms with Crippen molar-refractivity contribution in [3.05, 3.63) is 0 Å². The van der Waals surface area contributed by atoms with Gasteiger partial charge in [0.15, 0.2) is 0 Å². The number of ether oxygens (including phenoxy) is 2. The van der Waals surface area contributed by atoms with Crippen molar-refractivity contribution in [2.75, 3.05) is 33.0 Å². The molecule has 2 unspecified atom stereocenters. The van der Waals surface area contributed by atoms with Crippen LogP contribution in [0, 0.1) is 0 Å². The summed E-state index contributed by atoms with van der Waals surface area (Å²) in [6, 6.07) is 0. The second-order valence-electron chi connectivity index (χ2n) is 12.5. The lowest BCUT2D eigenvalue weighted by Gasteiger charge is -2.20. The number of hydrogen-bond acceptors (Lipinski definition) is 7. The molecule has 0 fully saturated rings. The van der Waals surface area contributed by atoms with E-state index in [4.69, 9.17) is 24.3 Å². The fourth-order valence-corrected chi connectivity index (χ4v) is 6.06. The quantitative estimate of drug-likeness (QED) is 0.0391. The van der Waals surface area contributed by atoms with E-state index in [1.807, 2.05) is 0 Å². The Bertz CT molecular complexity index is 653. The maximum Gasteiger partial charge on any atom is 0.472 e. The average molecular weight is 650 g/mol. The van der Waals surface area contributed by atoms with Gasteiger partial charge in [0.2, 0.25) is 0 Å². The highest BCUT2D eigenvalue weighted by Gasteiger charge is 2.25. The number of phosphoric acid groups is 1. The molecule has 0 aromatic heterocycles. The third kappa shape index (κ3) is 32.9. The van der Waals surface area contributed by atoms with E-state index in [1.54, 1.807) is 0 Å². The zero-order valence-corrected chi connectivity index (χ0v) is 29.8. The third-order valence-electron chi connectivity index (χ3n) is 8.02. The van der Waals surface area contributed by atoms with Crippen LogP contribution in [0.5, 0.6) is 0 Å². The first-order chi connectivity index (χ1) is 21.4. The molecule has 0 aliphatic heterocycles. The number of carbonyl (C=O) groups excluding carboxylic acids is 1. The smallest absolute Gasteiger partial charge is 0.457 e. The van der Waals surface area contributed by atoms with E-state index in [9.17, 15) is 14.3 Å². The van der Waals surface area contributed by atoms with Crippen LogP contribution in [0.4, 0.5) is 0 Å². The van der Waals surface area contributed by atoms with E-state index in [1.165, 1.54) is 116 Å². The Morgan fingerprint density at radius 1 is 0.591 bits per heavy atom. The molecule has 0 heterocycles. The Morgan fingerprint density at radius 2 is 1.00 bits per heavy atom. The van der Waals surface area contributed by atoms with Gasteiger partial charge in [-0.1, -0.05) is 162 Å². The fourth-order valence-electron chi connectivity index (χ4n) is 5.29. The summed E-state index contributed by atoms with van der Waals surface area (Å²) in [6.45, 7) is 4.86. The molecule has 0 amide bonds. The van der Waals surface area contributed by atoms with E-state index in [2.05, 4.69) is 13.8 Å². The molecule has 0 aromatic carbocycles. The van der Waals surface area contributed by atoms with Crippen molar-refractivity contribution in [2.24, 2.45) is 5.73 Å². The number of unbranched alkanes of at least 4 members (excludes halogenated alkanes) is 23. The first-order valence-corrected chi connectivity index (χ1v) is 20.0. The van der Waals surface area contributed by atoms with Crippen LogP contribution in [0.3, 0.4) is 0 Å². The van der Waals surface area contributed by atoms with Crippen LogP contribution in [0.15, 0.2) is 0 Å². The molecule has 2 atom stereocenters. The molecule has 0 aromatic rings. The molecule has 264 valence electrons. The largest absolute Gasteiger partial charge is 0.472 e. The lowest BCUT2D eigenvalue weighted by molar-refractivity contribution is -0.154. The molecular formula is C35H72NO7P. The second kappa shape index (κ2) is 33.9. The van der Waals surface area contributed by atoms with Gasteiger partial charge >= 0.3 is 13.8 Å². The summed E-state index contributed by atoms with van der Waals surface area (Å²) >= 11 is 0. The maximum atomic E-state index is 12.3. The fraction of sp³-hybridized carbons (Fsp3) is 0.971. The lowest BCUT2D eigenvalue weighted by Crippen LogP contribution is -2.28. The van der Waals surface area contributed by atoms with Crippen molar-refractivity contribution in [3.63, 3.8) is 0 Å². The molecule has 0 spiro atoms. The molecule has 0 radical (unpaired) electrons. The van der Waals surface area contributed by atoms with Crippen molar-refractivity contribution < 1.29 is 32.8 Å². The van der Waals surface area contributed by atoms with Crippen molar-refractivity contribution in [3.8, 4) is 0 Å². The Hall–Kier alpha value is -0.500. The van der Waals surface area contributed by atoms with Gasteiger partial charge in [-0.2, -0.15) is 0 Å². The summed E-state index contributed by atoms with van der Waals surface area (Å²) < 4.78 is 33.0. The van der Waals surface area contributed by atoms with Gasteiger partial charge in [0, 0.05) is 19.6 Å². The number of rotatable bonds is 36. The molecule has 8 nitrogen and oxygen atoms in total. The summed E-state index contributed by atoms with van der Waals surface area (Å²) in [4.78, 5) is 22.1. The van der Waals surface area contributed by atoms with Gasteiger partial charge in [-0.3, -0.25) is 13.8 Å². The third-order valence-corrected chi connectivity index (χ3v) is 9.01. The van der Waals surface area contributed by atoms with Gasteiger partial charge in [0.05, 0.1) is 19.8 Å². The summed E-state index contributed by atoms with van der Waals surface area (Å²) in [5.74, 6) is -0.340. The summed E-state index contributed by atoms with van der Waals surface area (Å²) in [5.41, 5.74) is 5.32. The average Bonchev–Trinajstić information content (AvgIpc) is 3.01. The maximum absolute atomic E-state index is 12.3. The van der Waals surface area contributed by atoms with E-state index in [0.717, 1.165) is 44.9 Å². The molecule has 9 heteroatoms. The summed E-state index contributed by atoms with van der Waals surface area (Å²) in [6.07, 6.45) is 31.6. The first-order valence-electron chi connectivity index (χ1n) is 18.5. The van der Waals surface area contributed by atoms with E-state index in [-0.39, 0.29) is 32.3 Å². The van der Waals surface area contributed by atoms with Crippen molar-refractivity contribution in [1.29, 1.82) is 0 Å². The zero-order valence-electron chi connectivity index (χ0n) is 28.9. The van der Waals surface area contributed by atoms with Crippen LogP contribution in [0.2, 0.25) is 0 Å². The molecule has 0 rings (SSSR count). The topological polar surface area (TPSA) is 117 Å². The van der Waals surface area contributed by atoms with Crippen LogP contribution >= 0.6 is 7.82 Å². The van der Waals surface area contributed by atoms with Gasteiger partial charge in [-0.25, -0.2) is 4.57 Å². The highest BCUT2D eigenvalue weighted by Crippen LogP contribution is 2.43. The van der Waals surface area contributed by atoms with Gasteiger partial charge in [0.25, 0.3) is 0 Å². The van der Waals surface area contributed by atoms with Gasteiger partial charge in [-0.15, -0.1) is 0 Å². The predicted octanol–water partition coefficient (Wildman–Crippen LogP) is 10.2. The molecule has 0 saturated carbocycles. The Morgan fingerprint density at radius 3 is 1.43 bits per heavy atom. The predicted molar refractivity (Wildman–Crippen MR) is 183 cm³/mol. The van der Waals surface area contributed by atoms with Crippen LogP contribution in [-0.4, -0.2) is 49.9 Å². The van der Waals surface area contributed by atoms with Crippen LogP contribution in [-0.2, 0) is 27.9 Å². The standard InChI is InChI=1S/C35H72NO7P/c1-3-5-7-9-10-11-12-13-14-15-16-17-18-19-20-21-22-23-25-27-30-40-32-34(33-42-44(38,39)41-31-29-36)43-35(37)28-26-24-8-6-4-2/h34H,3-33,36H2,1-2H3,(H,38,39). The molecule has 3 N–H and O–H groups in total.